The molecule has 0 atom stereocenters. The Morgan fingerprint density at radius 3 is 2.48 bits per heavy atom. The van der Waals surface area contributed by atoms with Gasteiger partial charge in [0.2, 0.25) is 5.91 Å². The summed E-state index contributed by atoms with van der Waals surface area (Å²) >= 11 is 0. The van der Waals surface area contributed by atoms with Crippen molar-refractivity contribution < 1.29 is 4.79 Å². The summed E-state index contributed by atoms with van der Waals surface area (Å²) in [5.41, 5.74) is 1.08. The van der Waals surface area contributed by atoms with Gasteiger partial charge in [-0.1, -0.05) is 31.0 Å². The SMILES string of the molecule is O=C(C1CCCC1)N1CCN(Cc2nncn2-c2ccccc2)CC1. The minimum Gasteiger partial charge on any atom is -0.340 e. The number of benzene rings is 1. The van der Waals surface area contributed by atoms with Crippen molar-refractivity contribution in [1.82, 2.24) is 24.6 Å². The lowest BCUT2D eigenvalue weighted by Gasteiger charge is -2.35. The van der Waals surface area contributed by atoms with E-state index in [2.05, 4.69) is 32.1 Å². The Morgan fingerprint density at radius 2 is 1.76 bits per heavy atom. The summed E-state index contributed by atoms with van der Waals surface area (Å²) in [6, 6.07) is 10.2. The van der Waals surface area contributed by atoms with Crippen LogP contribution in [0.3, 0.4) is 0 Å². The van der Waals surface area contributed by atoms with Crippen LogP contribution in [0.15, 0.2) is 36.7 Å². The molecule has 0 N–H and O–H groups in total. The first-order valence-corrected chi connectivity index (χ1v) is 9.27. The van der Waals surface area contributed by atoms with Gasteiger partial charge in [0.25, 0.3) is 0 Å². The first-order chi connectivity index (χ1) is 12.3. The molecule has 132 valence electrons. The van der Waals surface area contributed by atoms with Gasteiger partial charge < -0.3 is 4.90 Å². The van der Waals surface area contributed by atoms with Crippen LogP contribution in [0.5, 0.6) is 0 Å². The van der Waals surface area contributed by atoms with Gasteiger partial charge in [0.1, 0.15) is 6.33 Å². The molecule has 6 heteroatoms. The van der Waals surface area contributed by atoms with E-state index in [0.717, 1.165) is 57.1 Å². The van der Waals surface area contributed by atoms with Crippen LogP contribution in [0, 0.1) is 5.92 Å². The molecule has 0 radical (unpaired) electrons. The first-order valence-electron chi connectivity index (χ1n) is 9.27. The zero-order chi connectivity index (χ0) is 17.1. The molecule has 0 spiro atoms. The topological polar surface area (TPSA) is 54.3 Å². The molecule has 2 heterocycles. The molecule has 6 nitrogen and oxygen atoms in total. The number of nitrogens with zero attached hydrogens (tertiary/aromatic N) is 5. The second kappa shape index (κ2) is 7.35. The minimum atomic E-state index is 0.285. The molecule has 0 bridgehead atoms. The summed E-state index contributed by atoms with van der Waals surface area (Å²) in [4.78, 5) is 17.0. The van der Waals surface area contributed by atoms with E-state index in [-0.39, 0.29) is 5.92 Å². The maximum Gasteiger partial charge on any atom is 0.225 e. The maximum atomic E-state index is 12.5. The highest BCUT2D eigenvalue weighted by atomic mass is 16.2. The quantitative estimate of drug-likeness (QED) is 0.856. The van der Waals surface area contributed by atoms with Gasteiger partial charge in [0.15, 0.2) is 5.82 Å². The predicted octanol–water partition coefficient (Wildman–Crippen LogP) is 2.10. The standard InChI is InChI=1S/C19H25N5O/c25-19(16-6-4-5-7-16)23-12-10-22(11-13-23)14-18-21-20-15-24(18)17-8-2-1-3-9-17/h1-3,8-9,15-16H,4-7,10-14H2. The van der Waals surface area contributed by atoms with Crippen LogP contribution in [-0.4, -0.2) is 56.7 Å². The van der Waals surface area contributed by atoms with Gasteiger partial charge in [-0.25, -0.2) is 0 Å². The molecule has 1 aliphatic heterocycles. The smallest absolute Gasteiger partial charge is 0.225 e. The Balaban J connectivity index is 1.35. The molecule has 1 aliphatic carbocycles. The van der Waals surface area contributed by atoms with E-state index in [1.807, 2.05) is 22.8 Å². The van der Waals surface area contributed by atoms with Crippen LogP contribution in [0.2, 0.25) is 0 Å². The van der Waals surface area contributed by atoms with Crippen molar-refractivity contribution in [3.63, 3.8) is 0 Å². The number of carbonyl (C=O) groups is 1. The van der Waals surface area contributed by atoms with E-state index in [0.29, 0.717) is 5.91 Å². The fourth-order valence-electron chi connectivity index (χ4n) is 3.93. The van der Waals surface area contributed by atoms with Gasteiger partial charge in [-0.15, -0.1) is 10.2 Å². The van der Waals surface area contributed by atoms with E-state index < -0.39 is 0 Å². The highest BCUT2D eigenvalue weighted by Gasteiger charge is 2.29. The second-order valence-corrected chi connectivity index (χ2v) is 7.04. The number of carbonyl (C=O) groups excluding carboxylic acids is 1. The molecular weight excluding hydrogens is 314 g/mol. The lowest BCUT2D eigenvalue weighted by atomic mass is 10.1. The average Bonchev–Trinajstić information content (AvgIpc) is 3.35. The highest BCUT2D eigenvalue weighted by Crippen LogP contribution is 2.27. The number of hydrogen-bond acceptors (Lipinski definition) is 4. The predicted molar refractivity (Wildman–Crippen MR) is 95.2 cm³/mol. The summed E-state index contributed by atoms with van der Waals surface area (Å²) in [5, 5.41) is 8.38. The summed E-state index contributed by atoms with van der Waals surface area (Å²) < 4.78 is 2.04. The first kappa shape index (κ1) is 16.3. The lowest BCUT2D eigenvalue weighted by Crippen LogP contribution is -2.49. The number of hydrogen-bond donors (Lipinski definition) is 0. The molecule has 1 aromatic heterocycles. The largest absolute Gasteiger partial charge is 0.340 e. The molecule has 1 aromatic carbocycles. The number of aromatic nitrogens is 3. The van der Waals surface area contributed by atoms with Gasteiger partial charge in [-0.2, -0.15) is 0 Å². The number of piperazine rings is 1. The fraction of sp³-hybridized carbons (Fsp3) is 0.526. The van der Waals surface area contributed by atoms with Gasteiger partial charge in [-0.05, 0) is 25.0 Å². The fourth-order valence-corrected chi connectivity index (χ4v) is 3.93. The Bertz CT molecular complexity index is 700. The highest BCUT2D eigenvalue weighted by molar-refractivity contribution is 5.79. The average molecular weight is 339 g/mol. The molecule has 1 amide bonds. The molecule has 4 rings (SSSR count). The molecule has 1 saturated carbocycles. The normalized spacial score (nSPS) is 19.4. The van der Waals surface area contributed by atoms with Gasteiger partial charge in [0, 0.05) is 37.8 Å². The van der Waals surface area contributed by atoms with Crippen LogP contribution in [-0.2, 0) is 11.3 Å². The van der Waals surface area contributed by atoms with E-state index in [9.17, 15) is 4.79 Å². The molecule has 0 unspecified atom stereocenters. The summed E-state index contributed by atoms with van der Waals surface area (Å²) in [6.45, 7) is 4.23. The number of rotatable bonds is 4. The summed E-state index contributed by atoms with van der Waals surface area (Å²) in [7, 11) is 0. The van der Waals surface area contributed by atoms with Crippen molar-refractivity contribution in [2.45, 2.75) is 32.2 Å². The van der Waals surface area contributed by atoms with Crippen LogP contribution in [0.4, 0.5) is 0 Å². The zero-order valence-electron chi connectivity index (χ0n) is 14.5. The van der Waals surface area contributed by atoms with Crippen molar-refractivity contribution in [2.24, 2.45) is 5.92 Å². The van der Waals surface area contributed by atoms with Crippen LogP contribution >= 0.6 is 0 Å². The Kier molecular flexibility index (Phi) is 4.78. The van der Waals surface area contributed by atoms with Gasteiger partial charge in [0.05, 0.1) is 6.54 Å². The van der Waals surface area contributed by atoms with Crippen molar-refractivity contribution in [3.8, 4) is 5.69 Å². The summed E-state index contributed by atoms with van der Waals surface area (Å²) in [5.74, 6) is 1.61. The molecule has 2 fully saturated rings. The van der Waals surface area contributed by atoms with Crippen LogP contribution in [0.25, 0.3) is 5.69 Å². The molecular formula is C19H25N5O. The lowest BCUT2D eigenvalue weighted by molar-refractivity contribution is -0.137. The second-order valence-electron chi connectivity index (χ2n) is 7.04. The third-order valence-electron chi connectivity index (χ3n) is 5.41. The van der Waals surface area contributed by atoms with Crippen LogP contribution in [0.1, 0.15) is 31.5 Å². The maximum absolute atomic E-state index is 12.5. The van der Waals surface area contributed by atoms with Crippen molar-refractivity contribution >= 4 is 5.91 Å². The van der Waals surface area contributed by atoms with Gasteiger partial charge in [-0.3, -0.25) is 14.3 Å². The van der Waals surface area contributed by atoms with E-state index in [1.165, 1.54) is 12.8 Å². The van der Waals surface area contributed by atoms with Crippen molar-refractivity contribution in [3.05, 3.63) is 42.5 Å². The van der Waals surface area contributed by atoms with E-state index in [1.54, 1.807) is 6.33 Å². The summed E-state index contributed by atoms with van der Waals surface area (Å²) in [6.07, 6.45) is 6.36. The third-order valence-corrected chi connectivity index (χ3v) is 5.41. The molecule has 1 saturated heterocycles. The molecule has 2 aromatic rings. The van der Waals surface area contributed by atoms with Crippen molar-refractivity contribution in [2.75, 3.05) is 26.2 Å². The Labute approximate surface area is 148 Å². The third kappa shape index (κ3) is 3.58. The monoisotopic (exact) mass is 339 g/mol. The Morgan fingerprint density at radius 1 is 1.04 bits per heavy atom. The van der Waals surface area contributed by atoms with Gasteiger partial charge >= 0.3 is 0 Å². The molecule has 2 aliphatic rings. The van der Waals surface area contributed by atoms with E-state index >= 15 is 0 Å². The number of para-hydroxylation sites is 1. The Hall–Kier alpha value is -2.21. The van der Waals surface area contributed by atoms with E-state index in [4.69, 9.17) is 0 Å². The van der Waals surface area contributed by atoms with Crippen molar-refractivity contribution in [1.29, 1.82) is 0 Å². The zero-order valence-corrected chi connectivity index (χ0v) is 14.5. The minimum absolute atomic E-state index is 0.285. The molecule has 25 heavy (non-hydrogen) atoms. The van der Waals surface area contributed by atoms with Crippen LogP contribution < -0.4 is 0 Å². The number of amides is 1.